The molecule has 4 nitrogen and oxygen atoms in total. The lowest BCUT2D eigenvalue weighted by Gasteiger charge is -2.22. The van der Waals surface area contributed by atoms with E-state index in [0.29, 0.717) is 23.8 Å². The quantitative estimate of drug-likeness (QED) is 0.674. The Hall–Kier alpha value is -2.46. The van der Waals surface area contributed by atoms with Gasteiger partial charge in [-0.1, -0.05) is 29.8 Å². The van der Waals surface area contributed by atoms with Gasteiger partial charge in [-0.3, -0.25) is 0 Å². The second kappa shape index (κ2) is 6.12. The molecule has 128 valence electrons. The van der Waals surface area contributed by atoms with Crippen molar-refractivity contribution in [2.45, 2.75) is 19.9 Å². The number of aryl methyl sites for hydroxylation is 2. The van der Waals surface area contributed by atoms with Gasteiger partial charge in [0.15, 0.2) is 0 Å². The molecule has 0 saturated carbocycles. The van der Waals surface area contributed by atoms with Crippen LogP contribution in [0.4, 0.5) is 10.5 Å². The topological polar surface area (TPSA) is 37.3 Å². The predicted octanol–water partition coefficient (Wildman–Crippen LogP) is 4.73. The minimum Gasteiger partial charge on any atom is -0.350 e. The van der Waals surface area contributed by atoms with Gasteiger partial charge in [-0.2, -0.15) is 0 Å². The summed E-state index contributed by atoms with van der Waals surface area (Å²) >= 11 is 6.25. The van der Waals surface area contributed by atoms with Crippen LogP contribution >= 0.6 is 11.6 Å². The number of hydrogen-bond donors (Lipinski definition) is 1. The Labute approximate surface area is 152 Å². The zero-order chi connectivity index (χ0) is 17.6. The highest BCUT2D eigenvalue weighted by molar-refractivity contribution is 6.33. The molecule has 1 aliphatic heterocycles. The van der Waals surface area contributed by atoms with Gasteiger partial charge in [0.1, 0.15) is 0 Å². The molecule has 2 heterocycles. The number of anilines is 1. The fraction of sp³-hybridized carbons (Fsp3) is 0.250. The van der Waals surface area contributed by atoms with Crippen LogP contribution in [0.25, 0.3) is 10.9 Å². The van der Waals surface area contributed by atoms with Gasteiger partial charge in [0.25, 0.3) is 0 Å². The van der Waals surface area contributed by atoms with E-state index >= 15 is 0 Å². The lowest BCUT2D eigenvalue weighted by atomic mass is 10.1. The van der Waals surface area contributed by atoms with Crippen LogP contribution in [0.5, 0.6) is 0 Å². The Kier molecular flexibility index (Phi) is 3.92. The summed E-state index contributed by atoms with van der Waals surface area (Å²) in [5.74, 6) is 0. The number of carbonyl (C=O) groups excluding carboxylic acids is 1. The fourth-order valence-electron chi connectivity index (χ4n) is 3.57. The number of benzene rings is 2. The minimum atomic E-state index is -0.114. The van der Waals surface area contributed by atoms with E-state index in [1.807, 2.05) is 30.0 Å². The third-order valence-electron chi connectivity index (χ3n) is 4.85. The first-order chi connectivity index (χ1) is 12.0. The number of rotatable bonds is 1. The average Bonchev–Trinajstić information content (AvgIpc) is 2.79. The van der Waals surface area contributed by atoms with Crippen LogP contribution in [0.3, 0.4) is 0 Å². The van der Waals surface area contributed by atoms with Gasteiger partial charge in [0.2, 0.25) is 0 Å². The Morgan fingerprint density at radius 2 is 2.04 bits per heavy atom. The molecule has 1 aromatic heterocycles. The van der Waals surface area contributed by atoms with Crippen molar-refractivity contribution >= 4 is 34.2 Å². The molecule has 1 N–H and O–H groups in total. The summed E-state index contributed by atoms with van der Waals surface area (Å²) in [5.41, 5.74) is 5.43. The van der Waals surface area contributed by atoms with Crippen LogP contribution in [0.15, 0.2) is 42.6 Å². The smallest absolute Gasteiger partial charge is 0.322 e. The van der Waals surface area contributed by atoms with E-state index in [2.05, 4.69) is 41.3 Å². The maximum absolute atomic E-state index is 12.8. The number of carbonyl (C=O) groups is 1. The normalized spacial score (nSPS) is 13.8. The fourth-order valence-corrected chi connectivity index (χ4v) is 3.85. The van der Waals surface area contributed by atoms with E-state index in [-0.39, 0.29) is 6.03 Å². The molecule has 0 aliphatic carbocycles. The van der Waals surface area contributed by atoms with Crippen molar-refractivity contribution in [3.8, 4) is 0 Å². The highest BCUT2D eigenvalue weighted by Crippen LogP contribution is 2.29. The Balaban J connectivity index is 1.60. The first-order valence-electron chi connectivity index (χ1n) is 8.41. The standard InChI is InChI=1S/C20H20ClN3O/c1-13-6-7-17(16(21)10-13)22-20(25)24-9-8-15-11-23(2)18-5-3-4-14(12-24)19(15)18/h3-7,10-11H,8-9,12H2,1-2H3,(H,22,25). The van der Waals surface area contributed by atoms with E-state index in [1.165, 1.54) is 22.0 Å². The largest absolute Gasteiger partial charge is 0.350 e. The van der Waals surface area contributed by atoms with Crippen molar-refractivity contribution in [3.63, 3.8) is 0 Å². The highest BCUT2D eigenvalue weighted by Gasteiger charge is 2.22. The Morgan fingerprint density at radius 1 is 1.20 bits per heavy atom. The first kappa shape index (κ1) is 16.0. The monoisotopic (exact) mass is 353 g/mol. The van der Waals surface area contributed by atoms with E-state index in [1.54, 1.807) is 0 Å². The van der Waals surface area contributed by atoms with Crippen molar-refractivity contribution in [3.05, 3.63) is 64.3 Å². The number of halogens is 1. The molecule has 3 aromatic rings. The number of urea groups is 1. The lowest BCUT2D eigenvalue weighted by molar-refractivity contribution is 0.210. The number of amides is 2. The molecule has 5 heteroatoms. The van der Waals surface area contributed by atoms with Crippen LogP contribution in [-0.2, 0) is 20.0 Å². The molecule has 2 amide bonds. The maximum atomic E-state index is 12.8. The third-order valence-corrected chi connectivity index (χ3v) is 5.16. The summed E-state index contributed by atoms with van der Waals surface area (Å²) in [4.78, 5) is 14.6. The SMILES string of the molecule is Cc1ccc(NC(=O)N2CCc3cn(C)c4cccc(c34)C2)c(Cl)c1. The number of hydrogen-bond acceptors (Lipinski definition) is 1. The molecule has 25 heavy (non-hydrogen) atoms. The zero-order valence-electron chi connectivity index (χ0n) is 14.3. The van der Waals surface area contributed by atoms with Gasteiger partial charge in [-0.05, 0) is 48.2 Å². The Morgan fingerprint density at radius 3 is 2.84 bits per heavy atom. The van der Waals surface area contributed by atoms with Crippen molar-refractivity contribution in [1.82, 2.24) is 9.47 Å². The number of aromatic nitrogens is 1. The molecule has 0 bridgehead atoms. The molecule has 0 atom stereocenters. The molecule has 4 rings (SSSR count). The maximum Gasteiger partial charge on any atom is 0.322 e. The number of nitrogens with one attached hydrogen (secondary N) is 1. The summed E-state index contributed by atoms with van der Waals surface area (Å²) in [6, 6.07) is 11.8. The molecule has 0 spiro atoms. The number of nitrogens with zero attached hydrogens (tertiary/aromatic N) is 2. The summed E-state index contributed by atoms with van der Waals surface area (Å²) < 4.78 is 2.16. The zero-order valence-corrected chi connectivity index (χ0v) is 15.1. The van der Waals surface area contributed by atoms with Crippen LogP contribution in [0.1, 0.15) is 16.7 Å². The van der Waals surface area contributed by atoms with E-state index in [4.69, 9.17) is 11.6 Å². The highest BCUT2D eigenvalue weighted by atomic mass is 35.5. The average molecular weight is 354 g/mol. The Bertz CT molecular complexity index is 976. The second-order valence-electron chi connectivity index (χ2n) is 6.66. The lowest BCUT2D eigenvalue weighted by Crippen LogP contribution is -2.35. The van der Waals surface area contributed by atoms with Crippen LogP contribution in [0.2, 0.25) is 5.02 Å². The van der Waals surface area contributed by atoms with Gasteiger partial charge in [-0.25, -0.2) is 4.79 Å². The van der Waals surface area contributed by atoms with Crippen LogP contribution < -0.4 is 5.32 Å². The van der Waals surface area contributed by atoms with Crippen molar-refractivity contribution in [2.75, 3.05) is 11.9 Å². The van der Waals surface area contributed by atoms with Crippen molar-refractivity contribution < 1.29 is 4.79 Å². The predicted molar refractivity (Wildman–Crippen MR) is 102 cm³/mol. The van der Waals surface area contributed by atoms with Gasteiger partial charge in [-0.15, -0.1) is 0 Å². The van der Waals surface area contributed by atoms with E-state index < -0.39 is 0 Å². The van der Waals surface area contributed by atoms with Crippen molar-refractivity contribution in [2.24, 2.45) is 7.05 Å². The van der Waals surface area contributed by atoms with Crippen molar-refractivity contribution in [1.29, 1.82) is 0 Å². The second-order valence-corrected chi connectivity index (χ2v) is 7.07. The van der Waals surface area contributed by atoms with Gasteiger partial charge >= 0.3 is 6.03 Å². The van der Waals surface area contributed by atoms with Gasteiger partial charge in [0, 0.05) is 37.2 Å². The molecule has 1 aliphatic rings. The molecule has 2 aromatic carbocycles. The molecule has 0 fully saturated rings. The molecule has 0 radical (unpaired) electrons. The molecular weight excluding hydrogens is 334 g/mol. The third kappa shape index (κ3) is 2.87. The van der Waals surface area contributed by atoms with Gasteiger partial charge < -0.3 is 14.8 Å². The minimum absolute atomic E-state index is 0.114. The molecular formula is C20H20ClN3O. The first-order valence-corrected chi connectivity index (χ1v) is 8.78. The molecule has 0 saturated heterocycles. The summed E-state index contributed by atoms with van der Waals surface area (Å²) in [6.07, 6.45) is 3.02. The van der Waals surface area contributed by atoms with Gasteiger partial charge in [0.05, 0.1) is 10.7 Å². The van der Waals surface area contributed by atoms with E-state index in [0.717, 1.165) is 12.0 Å². The van der Waals surface area contributed by atoms with Crippen LogP contribution in [0, 0.1) is 6.92 Å². The summed E-state index contributed by atoms with van der Waals surface area (Å²) in [7, 11) is 2.07. The summed E-state index contributed by atoms with van der Waals surface area (Å²) in [5, 5.41) is 4.80. The molecule has 0 unspecified atom stereocenters. The van der Waals surface area contributed by atoms with Crippen LogP contribution in [-0.4, -0.2) is 22.0 Å². The van der Waals surface area contributed by atoms with E-state index in [9.17, 15) is 4.79 Å². The summed E-state index contributed by atoms with van der Waals surface area (Å²) in [6.45, 7) is 3.26.